The van der Waals surface area contributed by atoms with Crippen molar-refractivity contribution in [3.05, 3.63) is 56.4 Å². The molecule has 0 saturated heterocycles. The molecule has 0 aliphatic rings. The minimum Gasteiger partial charge on any atom is -0.493 e. The third-order valence-corrected chi connectivity index (χ3v) is 3.14. The number of nitrogens with one attached hydrogen (secondary N) is 1. The van der Waals surface area contributed by atoms with E-state index in [1.54, 1.807) is 23.2 Å². The Balaban J connectivity index is 2.51. The molecule has 6 nitrogen and oxygen atoms in total. The van der Waals surface area contributed by atoms with Gasteiger partial charge in [0.15, 0.2) is 11.5 Å². The van der Waals surface area contributed by atoms with Gasteiger partial charge in [0, 0.05) is 11.6 Å². The number of halogens is 3. The zero-order chi connectivity index (χ0) is 17.2. The van der Waals surface area contributed by atoms with Crippen molar-refractivity contribution < 1.29 is 22.6 Å². The molecule has 1 N–H and O–H groups in total. The number of para-hydroxylation sites is 1. The second kappa shape index (κ2) is 6.19. The van der Waals surface area contributed by atoms with Gasteiger partial charge in [0.25, 0.3) is 5.56 Å². The predicted octanol–water partition coefficient (Wildman–Crippen LogP) is 1.62. The Morgan fingerprint density at radius 2 is 1.87 bits per heavy atom. The summed E-state index contributed by atoms with van der Waals surface area (Å²) < 4.78 is 48.6. The second-order valence-electron chi connectivity index (χ2n) is 4.56. The van der Waals surface area contributed by atoms with E-state index < -0.39 is 23.1 Å². The molecular weight excluding hydrogens is 317 g/mol. The molecular formula is C14H13F3N2O4. The first-order valence-corrected chi connectivity index (χ1v) is 6.39. The SMILES string of the molecule is COc1cccc(Cn2c(=O)cc(C(F)(F)F)[nH]c2=O)c1OC. The Labute approximate surface area is 128 Å². The fourth-order valence-electron chi connectivity index (χ4n) is 2.07. The third kappa shape index (κ3) is 3.38. The fourth-order valence-corrected chi connectivity index (χ4v) is 2.07. The van der Waals surface area contributed by atoms with Crippen LogP contribution in [0.15, 0.2) is 33.9 Å². The number of rotatable bonds is 4. The van der Waals surface area contributed by atoms with Gasteiger partial charge < -0.3 is 14.5 Å². The standard InChI is InChI=1S/C14H13F3N2O4/c1-22-9-5-3-4-8(12(9)23-2)7-19-11(20)6-10(14(15,16)17)18-13(19)21/h3-6H,7H2,1-2H3,(H,18,21). The predicted molar refractivity (Wildman–Crippen MR) is 75.0 cm³/mol. The molecule has 0 saturated carbocycles. The Bertz CT molecular complexity index is 793. The number of methoxy groups -OCH3 is 2. The summed E-state index contributed by atoms with van der Waals surface area (Å²) in [5.41, 5.74) is -3.19. The van der Waals surface area contributed by atoms with Gasteiger partial charge in [-0.2, -0.15) is 13.2 Å². The minimum absolute atomic E-state index is 0.257. The Kier molecular flexibility index (Phi) is 4.48. The van der Waals surface area contributed by atoms with Crippen molar-refractivity contribution in [3.8, 4) is 11.5 Å². The van der Waals surface area contributed by atoms with Crippen LogP contribution in [0.25, 0.3) is 0 Å². The van der Waals surface area contributed by atoms with Crippen LogP contribution in [0, 0.1) is 0 Å². The van der Waals surface area contributed by atoms with Gasteiger partial charge >= 0.3 is 11.9 Å². The first-order chi connectivity index (χ1) is 10.8. The lowest BCUT2D eigenvalue weighted by Gasteiger charge is -2.13. The van der Waals surface area contributed by atoms with Gasteiger partial charge in [-0.25, -0.2) is 4.79 Å². The smallest absolute Gasteiger partial charge is 0.431 e. The number of aromatic nitrogens is 2. The maximum absolute atomic E-state index is 12.6. The summed E-state index contributed by atoms with van der Waals surface area (Å²) in [5.74, 6) is 0.669. The number of hydrogen-bond donors (Lipinski definition) is 1. The lowest BCUT2D eigenvalue weighted by molar-refractivity contribution is -0.141. The van der Waals surface area contributed by atoms with Gasteiger partial charge in [-0.3, -0.25) is 9.36 Å². The molecule has 1 aromatic carbocycles. The molecule has 124 valence electrons. The van der Waals surface area contributed by atoms with E-state index in [1.165, 1.54) is 14.2 Å². The van der Waals surface area contributed by atoms with E-state index in [0.717, 1.165) is 0 Å². The molecule has 0 radical (unpaired) electrons. The van der Waals surface area contributed by atoms with E-state index in [2.05, 4.69) is 0 Å². The molecule has 2 aromatic rings. The number of hydrogen-bond acceptors (Lipinski definition) is 4. The number of ether oxygens (including phenoxy) is 2. The summed E-state index contributed by atoms with van der Waals surface area (Å²) in [4.78, 5) is 25.3. The van der Waals surface area contributed by atoms with E-state index in [9.17, 15) is 22.8 Å². The summed E-state index contributed by atoms with van der Waals surface area (Å²) >= 11 is 0. The maximum Gasteiger partial charge on any atom is 0.431 e. The van der Waals surface area contributed by atoms with Gasteiger partial charge in [0.1, 0.15) is 5.69 Å². The van der Waals surface area contributed by atoms with Crippen LogP contribution in [0.4, 0.5) is 13.2 Å². The molecule has 0 fully saturated rings. The maximum atomic E-state index is 12.6. The van der Waals surface area contributed by atoms with Gasteiger partial charge in [0.2, 0.25) is 0 Å². The highest BCUT2D eigenvalue weighted by atomic mass is 19.4. The van der Waals surface area contributed by atoms with Crippen molar-refractivity contribution in [2.45, 2.75) is 12.7 Å². The number of alkyl halides is 3. The van der Waals surface area contributed by atoms with Crippen LogP contribution in [-0.2, 0) is 12.7 Å². The lowest BCUT2D eigenvalue weighted by atomic mass is 10.2. The van der Waals surface area contributed by atoms with E-state index in [0.29, 0.717) is 27.7 Å². The summed E-state index contributed by atoms with van der Waals surface area (Å²) in [5, 5.41) is 0. The number of benzene rings is 1. The van der Waals surface area contributed by atoms with E-state index in [1.807, 2.05) is 0 Å². The van der Waals surface area contributed by atoms with Crippen molar-refractivity contribution in [1.82, 2.24) is 9.55 Å². The van der Waals surface area contributed by atoms with E-state index >= 15 is 0 Å². The molecule has 0 bridgehead atoms. The number of aromatic amines is 1. The fraction of sp³-hybridized carbons (Fsp3) is 0.286. The largest absolute Gasteiger partial charge is 0.493 e. The topological polar surface area (TPSA) is 73.3 Å². The molecule has 1 aromatic heterocycles. The zero-order valence-electron chi connectivity index (χ0n) is 12.2. The van der Waals surface area contributed by atoms with Crippen LogP contribution >= 0.6 is 0 Å². The van der Waals surface area contributed by atoms with Gasteiger partial charge in [-0.1, -0.05) is 12.1 Å². The van der Waals surface area contributed by atoms with Gasteiger partial charge in [-0.15, -0.1) is 0 Å². The molecule has 0 amide bonds. The van der Waals surface area contributed by atoms with E-state index in [4.69, 9.17) is 9.47 Å². The van der Waals surface area contributed by atoms with Crippen molar-refractivity contribution in [1.29, 1.82) is 0 Å². The molecule has 23 heavy (non-hydrogen) atoms. The summed E-state index contributed by atoms with van der Waals surface area (Å²) in [6.07, 6.45) is -4.80. The highest BCUT2D eigenvalue weighted by molar-refractivity contribution is 5.46. The van der Waals surface area contributed by atoms with Crippen LogP contribution in [0.5, 0.6) is 11.5 Å². The molecule has 2 rings (SSSR count). The van der Waals surface area contributed by atoms with Crippen molar-refractivity contribution in [2.75, 3.05) is 14.2 Å². The average molecular weight is 330 g/mol. The average Bonchev–Trinajstić information content (AvgIpc) is 2.49. The summed E-state index contributed by atoms with van der Waals surface area (Å²) in [6, 6.07) is 5.14. The number of nitrogens with zero attached hydrogens (tertiary/aromatic N) is 1. The second-order valence-corrected chi connectivity index (χ2v) is 4.56. The van der Waals surface area contributed by atoms with Crippen molar-refractivity contribution in [2.24, 2.45) is 0 Å². The summed E-state index contributed by atoms with van der Waals surface area (Å²) in [6.45, 7) is -0.257. The molecule has 0 spiro atoms. The Morgan fingerprint density at radius 1 is 1.17 bits per heavy atom. The Hall–Kier alpha value is -2.71. The van der Waals surface area contributed by atoms with E-state index in [-0.39, 0.29) is 6.54 Å². The number of H-pyrrole nitrogens is 1. The third-order valence-electron chi connectivity index (χ3n) is 3.14. The lowest BCUT2D eigenvalue weighted by Crippen LogP contribution is -2.37. The Morgan fingerprint density at radius 3 is 2.39 bits per heavy atom. The van der Waals surface area contributed by atoms with Gasteiger partial charge in [-0.05, 0) is 6.07 Å². The quantitative estimate of drug-likeness (QED) is 0.925. The van der Waals surface area contributed by atoms with Crippen LogP contribution in [-0.4, -0.2) is 23.8 Å². The van der Waals surface area contributed by atoms with Crippen LogP contribution in [0.3, 0.4) is 0 Å². The van der Waals surface area contributed by atoms with Gasteiger partial charge in [0.05, 0.1) is 20.8 Å². The molecule has 0 aliphatic heterocycles. The molecule has 0 aliphatic carbocycles. The normalized spacial score (nSPS) is 11.3. The molecule has 1 heterocycles. The van der Waals surface area contributed by atoms with Crippen molar-refractivity contribution in [3.63, 3.8) is 0 Å². The highest BCUT2D eigenvalue weighted by Gasteiger charge is 2.33. The van der Waals surface area contributed by atoms with Crippen LogP contribution in [0.2, 0.25) is 0 Å². The minimum atomic E-state index is -4.80. The first kappa shape index (κ1) is 16.7. The first-order valence-electron chi connectivity index (χ1n) is 6.39. The molecule has 0 unspecified atom stereocenters. The summed E-state index contributed by atoms with van der Waals surface area (Å²) in [7, 11) is 2.79. The van der Waals surface area contributed by atoms with Crippen LogP contribution < -0.4 is 20.7 Å². The van der Waals surface area contributed by atoms with Crippen molar-refractivity contribution >= 4 is 0 Å². The molecule has 0 atom stereocenters. The molecule has 9 heteroatoms. The van der Waals surface area contributed by atoms with Crippen LogP contribution in [0.1, 0.15) is 11.3 Å². The highest BCUT2D eigenvalue weighted by Crippen LogP contribution is 2.31. The monoisotopic (exact) mass is 330 g/mol. The zero-order valence-corrected chi connectivity index (χ0v) is 12.2.